The lowest BCUT2D eigenvalue weighted by molar-refractivity contribution is 0.407. The Morgan fingerprint density at radius 2 is 1.90 bits per heavy atom. The molecule has 0 unspecified atom stereocenters. The first-order valence-electron chi connectivity index (χ1n) is 6.95. The number of nitrogens with two attached hydrogens (primary N) is 1. The summed E-state index contributed by atoms with van der Waals surface area (Å²) in [4.78, 5) is 4.08. The molecule has 21 heavy (non-hydrogen) atoms. The first-order valence-corrected chi connectivity index (χ1v) is 6.95. The van der Waals surface area contributed by atoms with Crippen LogP contribution in [0.1, 0.15) is 31.9 Å². The highest BCUT2D eigenvalue weighted by Gasteiger charge is 2.21. The Morgan fingerprint density at radius 3 is 2.52 bits per heavy atom. The smallest absolute Gasteiger partial charge is 0.135 e. The molecule has 0 aliphatic carbocycles. The van der Waals surface area contributed by atoms with Gasteiger partial charge in [0.2, 0.25) is 0 Å². The molecule has 0 fully saturated rings. The predicted molar refractivity (Wildman–Crippen MR) is 83.9 cm³/mol. The highest BCUT2D eigenvalue weighted by molar-refractivity contribution is 5.47. The second kappa shape index (κ2) is 6.14. The quantitative estimate of drug-likeness (QED) is 0.932. The van der Waals surface area contributed by atoms with Crippen LogP contribution in [0.3, 0.4) is 0 Å². The van der Waals surface area contributed by atoms with Crippen molar-refractivity contribution >= 4 is 0 Å². The molecule has 0 bridgehead atoms. The van der Waals surface area contributed by atoms with Gasteiger partial charge in [0, 0.05) is 30.1 Å². The minimum atomic E-state index is -0.0558. The van der Waals surface area contributed by atoms with Gasteiger partial charge in [0.15, 0.2) is 0 Å². The third kappa shape index (κ3) is 3.52. The van der Waals surface area contributed by atoms with Crippen LogP contribution in [0.2, 0.25) is 0 Å². The summed E-state index contributed by atoms with van der Waals surface area (Å²) in [5, 5.41) is 0. The second-order valence-electron chi connectivity index (χ2n) is 5.90. The van der Waals surface area contributed by atoms with Gasteiger partial charge in [-0.3, -0.25) is 4.98 Å². The van der Waals surface area contributed by atoms with E-state index in [0.717, 1.165) is 28.4 Å². The van der Waals surface area contributed by atoms with Gasteiger partial charge in [-0.05, 0) is 29.7 Å². The Morgan fingerprint density at radius 1 is 1.14 bits per heavy atom. The minimum Gasteiger partial charge on any atom is -0.497 e. The zero-order valence-electron chi connectivity index (χ0n) is 13.0. The molecule has 1 aromatic heterocycles. The summed E-state index contributed by atoms with van der Waals surface area (Å²) in [6.45, 7) is 6.82. The Kier molecular flexibility index (Phi) is 4.48. The lowest BCUT2D eigenvalue weighted by Gasteiger charge is -2.23. The number of benzene rings is 1. The number of hydrogen-bond acceptors (Lipinski definition) is 4. The van der Waals surface area contributed by atoms with E-state index >= 15 is 0 Å². The van der Waals surface area contributed by atoms with Gasteiger partial charge < -0.3 is 15.2 Å². The Bertz CT molecular complexity index is 618. The maximum atomic E-state index is 6.08. The van der Waals surface area contributed by atoms with Gasteiger partial charge in [-0.15, -0.1) is 0 Å². The number of aromatic nitrogens is 1. The molecule has 4 nitrogen and oxygen atoms in total. The highest BCUT2D eigenvalue weighted by atomic mass is 16.5. The van der Waals surface area contributed by atoms with Gasteiger partial charge in [0.1, 0.15) is 17.2 Å². The molecule has 2 aromatic rings. The lowest BCUT2D eigenvalue weighted by atomic mass is 9.86. The van der Waals surface area contributed by atoms with Gasteiger partial charge >= 0.3 is 0 Å². The van der Waals surface area contributed by atoms with Crippen molar-refractivity contribution in [1.82, 2.24) is 4.98 Å². The number of hydrogen-bond donors (Lipinski definition) is 1. The first kappa shape index (κ1) is 15.3. The Hall–Kier alpha value is -2.07. The average Bonchev–Trinajstić information content (AvgIpc) is 2.47. The van der Waals surface area contributed by atoms with E-state index in [1.54, 1.807) is 19.5 Å². The molecule has 0 radical (unpaired) electrons. The van der Waals surface area contributed by atoms with Crippen molar-refractivity contribution in [1.29, 1.82) is 0 Å². The molecule has 0 atom stereocenters. The third-order valence-corrected chi connectivity index (χ3v) is 3.29. The number of pyridine rings is 1. The summed E-state index contributed by atoms with van der Waals surface area (Å²) >= 11 is 0. The van der Waals surface area contributed by atoms with Crippen molar-refractivity contribution in [3.63, 3.8) is 0 Å². The number of methoxy groups -OCH3 is 1. The van der Waals surface area contributed by atoms with Crippen LogP contribution in [-0.2, 0) is 12.0 Å². The number of rotatable bonds is 4. The molecule has 0 amide bonds. The molecule has 0 saturated carbocycles. The number of nitrogens with zero attached hydrogens (tertiary/aromatic N) is 1. The molecule has 1 aromatic carbocycles. The zero-order chi connectivity index (χ0) is 15.5. The van der Waals surface area contributed by atoms with E-state index in [-0.39, 0.29) is 5.41 Å². The maximum absolute atomic E-state index is 6.08. The summed E-state index contributed by atoms with van der Waals surface area (Å²) in [5.41, 5.74) is 7.65. The molecule has 4 heteroatoms. The largest absolute Gasteiger partial charge is 0.497 e. The summed E-state index contributed by atoms with van der Waals surface area (Å²) in [6, 6.07) is 7.67. The molecule has 0 saturated heterocycles. The Labute approximate surface area is 125 Å². The predicted octanol–water partition coefficient (Wildman–Crippen LogP) is 3.64. The molecule has 112 valence electrons. The standard InChI is InChI=1S/C17H22N2O2/c1-17(2,3)14-9-13(20-4)5-6-16(14)21-15-7-8-19-11-12(15)10-18/h5-9,11H,10,18H2,1-4H3. The van der Waals surface area contributed by atoms with Crippen molar-refractivity contribution in [2.24, 2.45) is 5.73 Å². The molecular formula is C17H22N2O2. The van der Waals surface area contributed by atoms with Crippen molar-refractivity contribution < 1.29 is 9.47 Å². The topological polar surface area (TPSA) is 57.4 Å². The van der Waals surface area contributed by atoms with Crippen molar-refractivity contribution in [2.75, 3.05) is 7.11 Å². The normalized spacial score (nSPS) is 11.3. The molecule has 2 N–H and O–H groups in total. The summed E-state index contributed by atoms with van der Waals surface area (Å²) in [6.07, 6.45) is 3.43. The molecule has 2 rings (SSSR count). The highest BCUT2D eigenvalue weighted by Crippen LogP contribution is 2.37. The van der Waals surface area contributed by atoms with Crippen LogP contribution in [-0.4, -0.2) is 12.1 Å². The van der Waals surface area contributed by atoms with Crippen LogP contribution in [0.4, 0.5) is 0 Å². The van der Waals surface area contributed by atoms with Crippen LogP contribution < -0.4 is 15.2 Å². The van der Waals surface area contributed by atoms with Crippen LogP contribution in [0.5, 0.6) is 17.2 Å². The van der Waals surface area contributed by atoms with E-state index in [0.29, 0.717) is 6.54 Å². The van der Waals surface area contributed by atoms with E-state index in [1.165, 1.54) is 0 Å². The van der Waals surface area contributed by atoms with Crippen molar-refractivity contribution in [3.8, 4) is 17.2 Å². The average molecular weight is 286 g/mol. The summed E-state index contributed by atoms with van der Waals surface area (Å²) < 4.78 is 11.4. The van der Waals surface area contributed by atoms with Crippen LogP contribution in [0.25, 0.3) is 0 Å². The van der Waals surface area contributed by atoms with Crippen molar-refractivity contribution in [3.05, 3.63) is 47.8 Å². The van der Waals surface area contributed by atoms with Gasteiger partial charge in [-0.1, -0.05) is 20.8 Å². The van der Waals surface area contributed by atoms with Gasteiger partial charge in [0.05, 0.1) is 7.11 Å². The SMILES string of the molecule is COc1ccc(Oc2ccncc2CN)c(C(C)(C)C)c1. The Balaban J connectivity index is 2.44. The van der Waals surface area contributed by atoms with Crippen LogP contribution >= 0.6 is 0 Å². The van der Waals surface area contributed by atoms with Crippen molar-refractivity contribution in [2.45, 2.75) is 32.7 Å². The fourth-order valence-corrected chi connectivity index (χ4v) is 2.10. The van der Waals surface area contributed by atoms with E-state index in [4.69, 9.17) is 15.2 Å². The first-order chi connectivity index (χ1) is 9.95. The fourth-order valence-electron chi connectivity index (χ4n) is 2.10. The summed E-state index contributed by atoms with van der Waals surface area (Å²) in [5.74, 6) is 2.37. The van der Waals surface area contributed by atoms with Gasteiger partial charge in [-0.2, -0.15) is 0 Å². The molecule has 0 aliphatic rings. The van der Waals surface area contributed by atoms with E-state index < -0.39 is 0 Å². The fraction of sp³-hybridized carbons (Fsp3) is 0.353. The second-order valence-corrected chi connectivity index (χ2v) is 5.90. The molecule has 0 spiro atoms. The number of ether oxygens (including phenoxy) is 2. The molecule has 0 aliphatic heterocycles. The van der Waals surface area contributed by atoms with E-state index in [9.17, 15) is 0 Å². The van der Waals surface area contributed by atoms with Gasteiger partial charge in [-0.25, -0.2) is 0 Å². The third-order valence-electron chi connectivity index (χ3n) is 3.29. The van der Waals surface area contributed by atoms with E-state index in [2.05, 4.69) is 25.8 Å². The molecule has 1 heterocycles. The monoisotopic (exact) mass is 286 g/mol. The minimum absolute atomic E-state index is 0.0558. The lowest BCUT2D eigenvalue weighted by Crippen LogP contribution is -2.13. The maximum Gasteiger partial charge on any atom is 0.135 e. The molecular weight excluding hydrogens is 264 g/mol. The van der Waals surface area contributed by atoms with E-state index in [1.807, 2.05) is 24.3 Å². The van der Waals surface area contributed by atoms with Gasteiger partial charge in [0.25, 0.3) is 0 Å². The van der Waals surface area contributed by atoms with Crippen LogP contribution in [0.15, 0.2) is 36.7 Å². The zero-order valence-corrected chi connectivity index (χ0v) is 13.0. The summed E-state index contributed by atoms with van der Waals surface area (Å²) in [7, 11) is 1.66. The van der Waals surface area contributed by atoms with Crippen LogP contribution in [0, 0.1) is 0 Å².